The van der Waals surface area contributed by atoms with Crippen molar-refractivity contribution in [2.45, 2.75) is 232 Å². The van der Waals surface area contributed by atoms with E-state index in [9.17, 15) is 0 Å². The maximum absolute atomic E-state index is 6.53. The number of hydrogen-bond acceptors (Lipinski definition) is 3. The lowest BCUT2D eigenvalue weighted by molar-refractivity contribution is -0.232. The maximum Gasteiger partial charge on any atom is 0.167 e. The van der Waals surface area contributed by atoms with Crippen molar-refractivity contribution in [3.63, 3.8) is 0 Å². The summed E-state index contributed by atoms with van der Waals surface area (Å²) in [5.41, 5.74) is 0. The fourth-order valence-corrected chi connectivity index (χ4v) is 7.00. The molecular formula is C44H89NO2. The zero-order valence-electron chi connectivity index (χ0n) is 33.5. The van der Waals surface area contributed by atoms with Crippen molar-refractivity contribution in [3.05, 3.63) is 12.2 Å². The molecule has 0 radical (unpaired) electrons. The van der Waals surface area contributed by atoms with Gasteiger partial charge in [-0.05, 0) is 71.5 Å². The summed E-state index contributed by atoms with van der Waals surface area (Å²) in [5, 5.41) is 0. The van der Waals surface area contributed by atoms with E-state index in [1.807, 2.05) is 7.11 Å². The molecule has 3 nitrogen and oxygen atoms in total. The Labute approximate surface area is 298 Å². The highest BCUT2D eigenvalue weighted by molar-refractivity contribution is 4.81. The van der Waals surface area contributed by atoms with Crippen LogP contribution in [0.15, 0.2) is 12.2 Å². The standard InChI is InChI=1S/C44H89NO2/c1-7-9-11-13-15-16-17-18-19-20-21-22-23-26-30-34-39-44(46-6,47-42-36-41-45(4)5)40-35-31-27-25-29-33-38-43(3)37-32-28-24-14-12-10-8-2/h18-19,43H,7-17,20-42H2,1-6H3/b19-18-. The molecule has 282 valence electrons. The number of unbranched alkanes of at least 4 members (excludes halogenated alkanes) is 23. The summed E-state index contributed by atoms with van der Waals surface area (Å²) in [4.78, 5) is 2.25. The van der Waals surface area contributed by atoms with Crippen molar-refractivity contribution in [3.8, 4) is 0 Å². The molecule has 0 aromatic heterocycles. The molecule has 0 bridgehead atoms. The third-order valence-electron chi connectivity index (χ3n) is 10.4. The highest BCUT2D eigenvalue weighted by Gasteiger charge is 2.29. The van der Waals surface area contributed by atoms with Crippen LogP contribution in [0.3, 0.4) is 0 Å². The first-order valence-electron chi connectivity index (χ1n) is 21.5. The molecule has 2 unspecified atom stereocenters. The van der Waals surface area contributed by atoms with Crippen molar-refractivity contribution in [2.24, 2.45) is 5.92 Å². The molecule has 0 spiro atoms. The topological polar surface area (TPSA) is 21.7 Å². The van der Waals surface area contributed by atoms with E-state index >= 15 is 0 Å². The molecule has 0 aromatic rings. The molecule has 3 heteroatoms. The lowest BCUT2D eigenvalue weighted by Crippen LogP contribution is -2.36. The molecular weight excluding hydrogens is 574 g/mol. The number of allylic oxidation sites excluding steroid dienone is 2. The molecule has 0 aliphatic carbocycles. The summed E-state index contributed by atoms with van der Waals surface area (Å²) in [6, 6.07) is 0. The third kappa shape index (κ3) is 33.9. The lowest BCUT2D eigenvalue weighted by Gasteiger charge is -2.33. The first kappa shape index (κ1) is 46.6. The van der Waals surface area contributed by atoms with Crippen LogP contribution in [0.2, 0.25) is 0 Å². The molecule has 0 N–H and O–H groups in total. The minimum absolute atomic E-state index is 0.376. The Morgan fingerprint density at radius 3 is 1.30 bits per heavy atom. The molecule has 0 aliphatic heterocycles. The van der Waals surface area contributed by atoms with Gasteiger partial charge in [-0.15, -0.1) is 0 Å². The van der Waals surface area contributed by atoms with Crippen LogP contribution in [0.1, 0.15) is 226 Å². The van der Waals surface area contributed by atoms with E-state index in [-0.39, 0.29) is 5.79 Å². The fourth-order valence-electron chi connectivity index (χ4n) is 7.00. The highest BCUT2D eigenvalue weighted by Crippen LogP contribution is 2.29. The van der Waals surface area contributed by atoms with Crippen molar-refractivity contribution in [2.75, 3.05) is 34.4 Å². The van der Waals surface area contributed by atoms with Crippen molar-refractivity contribution in [1.82, 2.24) is 4.90 Å². The number of nitrogens with zero attached hydrogens (tertiary/aromatic N) is 1. The molecule has 0 saturated carbocycles. The van der Waals surface area contributed by atoms with E-state index < -0.39 is 0 Å². The van der Waals surface area contributed by atoms with Gasteiger partial charge in [-0.3, -0.25) is 0 Å². The van der Waals surface area contributed by atoms with Crippen LogP contribution in [0.4, 0.5) is 0 Å². The van der Waals surface area contributed by atoms with E-state index in [1.165, 1.54) is 186 Å². The van der Waals surface area contributed by atoms with Crippen LogP contribution in [0, 0.1) is 5.92 Å². The predicted molar refractivity (Wildman–Crippen MR) is 212 cm³/mol. The third-order valence-corrected chi connectivity index (χ3v) is 10.4. The summed E-state index contributed by atoms with van der Waals surface area (Å²) in [6.07, 6.45) is 48.0. The van der Waals surface area contributed by atoms with Crippen molar-refractivity contribution < 1.29 is 9.47 Å². The fraction of sp³-hybridized carbons (Fsp3) is 0.955. The van der Waals surface area contributed by atoms with Gasteiger partial charge in [0.1, 0.15) is 0 Å². The van der Waals surface area contributed by atoms with Crippen molar-refractivity contribution >= 4 is 0 Å². The predicted octanol–water partition coefficient (Wildman–Crippen LogP) is 14.6. The first-order chi connectivity index (χ1) is 23.0. The van der Waals surface area contributed by atoms with Gasteiger partial charge in [0.2, 0.25) is 0 Å². The van der Waals surface area contributed by atoms with Gasteiger partial charge >= 0.3 is 0 Å². The van der Waals surface area contributed by atoms with E-state index in [0.29, 0.717) is 0 Å². The van der Waals surface area contributed by atoms with Gasteiger partial charge in [0, 0.05) is 20.0 Å². The number of ether oxygens (including phenoxy) is 2. The van der Waals surface area contributed by atoms with Crippen LogP contribution >= 0.6 is 0 Å². The maximum atomic E-state index is 6.53. The van der Waals surface area contributed by atoms with Crippen LogP contribution in [0.25, 0.3) is 0 Å². The Bertz CT molecular complexity index is 620. The molecule has 47 heavy (non-hydrogen) atoms. The Morgan fingerprint density at radius 2 is 0.894 bits per heavy atom. The molecule has 0 aliphatic rings. The zero-order chi connectivity index (χ0) is 34.5. The number of hydrogen-bond donors (Lipinski definition) is 0. The van der Waals surface area contributed by atoms with E-state index in [2.05, 4.69) is 51.9 Å². The largest absolute Gasteiger partial charge is 0.353 e. The van der Waals surface area contributed by atoms with Gasteiger partial charge in [-0.2, -0.15) is 0 Å². The SMILES string of the molecule is CCCCCCCC/C=C\CCCCCCCCC(CCCCCCCCC(C)CCCCCCCCC)(OC)OCCCN(C)C. The summed E-state index contributed by atoms with van der Waals surface area (Å²) in [6.45, 7) is 8.96. The van der Waals surface area contributed by atoms with E-state index in [0.717, 1.165) is 38.3 Å². The van der Waals surface area contributed by atoms with Crippen molar-refractivity contribution in [1.29, 1.82) is 0 Å². The number of methoxy groups -OCH3 is 1. The zero-order valence-corrected chi connectivity index (χ0v) is 33.5. The van der Waals surface area contributed by atoms with Gasteiger partial charge in [0.25, 0.3) is 0 Å². The van der Waals surface area contributed by atoms with Crippen LogP contribution in [0.5, 0.6) is 0 Å². The second-order valence-electron chi connectivity index (χ2n) is 15.5. The van der Waals surface area contributed by atoms with E-state index in [4.69, 9.17) is 9.47 Å². The van der Waals surface area contributed by atoms with Crippen LogP contribution in [-0.4, -0.2) is 45.0 Å². The molecule has 0 saturated heterocycles. The van der Waals surface area contributed by atoms with Gasteiger partial charge in [0.15, 0.2) is 5.79 Å². The van der Waals surface area contributed by atoms with Gasteiger partial charge in [-0.1, -0.05) is 181 Å². The normalized spacial score (nSPS) is 14.0. The van der Waals surface area contributed by atoms with Gasteiger partial charge in [-0.25, -0.2) is 0 Å². The summed E-state index contributed by atoms with van der Waals surface area (Å²) >= 11 is 0. The molecule has 0 aromatic carbocycles. The average Bonchev–Trinajstić information content (AvgIpc) is 3.06. The summed E-state index contributed by atoms with van der Waals surface area (Å²) in [5.74, 6) is 0.540. The smallest absolute Gasteiger partial charge is 0.167 e. The molecule has 0 heterocycles. The Kier molecular flexibility index (Phi) is 36.6. The Balaban J connectivity index is 4.07. The monoisotopic (exact) mass is 664 g/mol. The quantitative estimate of drug-likeness (QED) is 0.0371. The van der Waals surface area contributed by atoms with Gasteiger partial charge in [0.05, 0.1) is 6.61 Å². The minimum Gasteiger partial charge on any atom is -0.353 e. The average molecular weight is 664 g/mol. The molecule has 0 rings (SSSR count). The molecule has 0 amide bonds. The lowest BCUT2D eigenvalue weighted by atomic mass is 9.95. The van der Waals surface area contributed by atoms with E-state index in [1.54, 1.807) is 0 Å². The number of rotatable bonds is 39. The van der Waals surface area contributed by atoms with Crippen LogP contribution in [-0.2, 0) is 9.47 Å². The first-order valence-corrected chi connectivity index (χ1v) is 21.5. The highest BCUT2D eigenvalue weighted by atomic mass is 16.7. The summed E-state index contributed by atoms with van der Waals surface area (Å²) in [7, 11) is 6.18. The molecule has 0 fully saturated rings. The minimum atomic E-state index is -0.376. The summed E-state index contributed by atoms with van der Waals surface area (Å²) < 4.78 is 12.7. The van der Waals surface area contributed by atoms with Crippen LogP contribution < -0.4 is 0 Å². The van der Waals surface area contributed by atoms with Gasteiger partial charge < -0.3 is 14.4 Å². The molecule has 2 atom stereocenters. The second-order valence-corrected chi connectivity index (χ2v) is 15.5. The second kappa shape index (κ2) is 36.9. The Hall–Kier alpha value is -0.380. The Morgan fingerprint density at radius 1 is 0.511 bits per heavy atom.